The van der Waals surface area contributed by atoms with E-state index in [-0.39, 0.29) is 0 Å². The first-order chi connectivity index (χ1) is 9.82. The van der Waals surface area contributed by atoms with Crippen molar-refractivity contribution in [1.82, 2.24) is 0 Å². The van der Waals surface area contributed by atoms with Crippen molar-refractivity contribution in [3.63, 3.8) is 0 Å². The van der Waals surface area contributed by atoms with Crippen LogP contribution in [0.25, 0.3) is 0 Å². The van der Waals surface area contributed by atoms with Crippen LogP contribution in [0.4, 0.5) is 0 Å². The highest BCUT2D eigenvalue weighted by molar-refractivity contribution is 7.04. The smallest absolute Gasteiger partial charge is 0.286 e. The zero-order valence-corrected chi connectivity index (χ0v) is 11.4. The van der Waals surface area contributed by atoms with E-state index >= 15 is 0 Å². The number of hydrogen-bond donors (Lipinski definition) is 1. The molecule has 0 amide bonds. The van der Waals surface area contributed by atoms with Crippen molar-refractivity contribution in [2.45, 2.75) is 0 Å². The van der Waals surface area contributed by atoms with Crippen molar-refractivity contribution >= 4 is 22.7 Å². The molecule has 0 heterocycles. The van der Waals surface area contributed by atoms with Crippen LogP contribution >= 0.6 is 0 Å². The minimum absolute atomic E-state index is 1.16. The number of benzene rings is 3. The highest BCUT2D eigenvalue weighted by Crippen LogP contribution is 1.99. The first-order valence-electron chi connectivity index (χ1n) is 7.01. The third-order valence-corrected chi connectivity index (χ3v) is 4.11. The zero-order valence-electron chi connectivity index (χ0n) is 11.4. The SMILES string of the molecule is [NH3+][B-](c1ccccc1)(c1ccccc1)c1ccccc1. The lowest BCUT2D eigenvalue weighted by Gasteiger charge is -2.32. The molecule has 0 spiro atoms. The van der Waals surface area contributed by atoms with Crippen molar-refractivity contribution in [2.24, 2.45) is 0 Å². The maximum absolute atomic E-state index is 4.64. The zero-order chi connectivity index (χ0) is 13.8. The van der Waals surface area contributed by atoms with Gasteiger partial charge in [0.15, 0.2) is 0 Å². The Hall–Kier alpha value is -2.32. The van der Waals surface area contributed by atoms with Gasteiger partial charge >= 0.3 is 0 Å². The molecule has 3 N–H and O–H groups in total. The number of hydrogen-bond acceptors (Lipinski definition) is 0. The average Bonchev–Trinajstić information content (AvgIpc) is 2.56. The first kappa shape index (κ1) is 12.7. The van der Waals surface area contributed by atoms with E-state index in [1.807, 2.05) is 0 Å². The van der Waals surface area contributed by atoms with Crippen LogP contribution in [-0.4, -0.2) is 6.28 Å². The van der Waals surface area contributed by atoms with Gasteiger partial charge in [-0.1, -0.05) is 91.0 Å². The number of rotatable bonds is 3. The topological polar surface area (TPSA) is 27.6 Å². The van der Waals surface area contributed by atoms with Crippen molar-refractivity contribution in [1.29, 1.82) is 0 Å². The highest BCUT2D eigenvalue weighted by Gasteiger charge is 2.32. The molecule has 0 aliphatic rings. The van der Waals surface area contributed by atoms with Crippen LogP contribution < -0.4 is 22.0 Å². The Labute approximate surface area is 120 Å². The lowest BCUT2D eigenvalue weighted by molar-refractivity contribution is -0.193. The standard InChI is InChI=1S/C18H18BN/c20-19(16-10-4-1-5-11-16,17-12-6-2-7-13-17)18-14-8-3-9-15-18/h1-15H,20H3. The molecule has 0 aromatic heterocycles. The van der Waals surface area contributed by atoms with Crippen LogP contribution in [-0.2, 0) is 0 Å². The normalized spacial score (nSPS) is 11.2. The van der Waals surface area contributed by atoms with Crippen LogP contribution in [0.5, 0.6) is 0 Å². The summed E-state index contributed by atoms with van der Waals surface area (Å²) in [4.78, 5) is 0. The van der Waals surface area contributed by atoms with Crippen LogP contribution in [0.3, 0.4) is 0 Å². The Bertz CT molecular complexity index is 569. The minimum atomic E-state index is -1.16. The van der Waals surface area contributed by atoms with Gasteiger partial charge in [-0.2, -0.15) is 0 Å². The average molecular weight is 259 g/mol. The summed E-state index contributed by atoms with van der Waals surface area (Å²) in [6.07, 6.45) is -1.16. The van der Waals surface area contributed by atoms with Crippen molar-refractivity contribution < 1.29 is 5.64 Å². The van der Waals surface area contributed by atoms with E-state index in [1.54, 1.807) is 0 Å². The molecule has 0 bridgehead atoms. The summed E-state index contributed by atoms with van der Waals surface area (Å²) >= 11 is 0. The Morgan fingerprint density at radius 1 is 0.450 bits per heavy atom. The molecule has 20 heavy (non-hydrogen) atoms. The van der Waals surface area contributed by atoms with Crippen molar-refractivity contribution in [3.05, 3.63) is 91.0 Å². The van der Waals surface area contributed by atoms with Gasteiger partial charge in [-0.25, -0.2) is 0 Å². The maximum Gasteiger partial charge on any atom is 0.286 e. The van der Waals surface area contributed by atoms with E-state index in [0.717, 1.165) is 0 Å². The highest BCUT2D eigenvalue weighted by atomic mass is 14.5. The van der Waals surface area contributed by atoms with E-state index in [1.165, 1.54) is 16.4 Å². The van der Waals surface area contributed by atoms with Gasteiger partial charge in [0.2, 0.25) is 0 Å². The van der Waals surface area contributed by atoms with Gasteiger partial charge in [0.05, 0.1) is 0 Å². The predicted molar refractivity (Wildman–Crippen MR) is 86.9 cm³/mol. The van der Waals surface area contributed by atoms with Crippen LogP contribution in [0, 0.1) is 0 Å². The van der Waals surface area contributed by atoms with Gasteiger partial charge in [0.1, 0.15) is 0 Å². The lowest BCUT2D eigenvalue weighted by atomic mass is 9.25. The van der Waals surface area contributed by atoms with E-state index in [2.05, 4.69) is 96.6 Å². The summed E-state index contributed by atoms with van der Waals surface area (Å²) in [6, 6.07) is 31.7. The monoisotopic (exact) mass is 259 g/mol. The lowest BCUT2D eigenvalue weighted by Crippen LogP contribution is -2.94. The molecule has 3 aromatic carbocycles. The molecule has 0 saturated carbocycles. The second kappa shape index (κ2) is 5.36. The second-order valence-corrected chi connectivity index (χ2v) is 5.28. The number of quaternary nitrogens is 1. The van der Waals surface area contributed by atoms with E-state index < -0.39 is 6.28 Å². The molecular weight excluding hydrogens is 241 g/mol. The fourth-order valence-corrected chi connectivity index (χ4v) is 2.92. The molecule has 0 radical (unpaired) electrons. The summed E-state index contributed by atoms with van der Waals surface area (Å²) in [5, 5.41) is 0. The van der Waals surface area contributed by atoms with Crippen molar-refractivity contribution in [2.75, 3.05) is 0 Å². The quantitative estimate of drug-likeness (QED) is 0.677. The minimum Gasteiger partial charge on any atom is -0.536 e. The fraction of sp³-hybridized carbons (Fsp3) is 0. The molecular formula is C18H18BN. The molecule has 2 heteroatoms. The fourth-order valence-electron chi connectivity index (χ4n) is 2.92. The Kier molecular flexibility index (Phi) is 3.40. The summed E-state index contributed by atoms with van der Waals surface area (Å²) < 4.78 is 0. The van der Waals surface area contributed by atoms with Gasteiger partial charge in [-0.15, -0.1) is 16.4 Å². The summed E-state index contributed by atoms with van der Waals surface area (Å²) in [5.41, 5.74) is 8.45. The molecule has 0 saturated heterocycles. The van der Waals surface area contributed by atoms with Crippen LogP contribution in [0.15, 0.2) is 91.0 Å². The molecule has 98 valence electrons. The molecule has 0 unspecified atom stereocenters. The second-order valence-electron chi connectivity index (χ2n) is 5.28. The van der Waals surface area contributed by atoms with Gasteiger partial charge in [0, 0.05) is 0 Å². The Balaban J connectivity index is 2.24. The van der Waals surface area contributed by atoms with Gasteiger partial charge in [-0.05, 0) is 0 Å². The Morgan fingerprint density at radius 3 is 0.950 bits per heavy atom. The van der Waals surface area contributed by atoms with Crippen molar-refractivity contribution in [3.8, 4) is 0 Å². The van der Waals surface area contributed by atoms with Gasteiger partial charge in [0.25, 0.3) is 6.28 Å². The molecule has 0 aliphatic heterocycles. The van der Waals surface area contributed by atoms with Gasteiger partial charge < -0.3 is 5.64 Å². The first-order valence-corrected chi connectivity index (χ1v) is 7.01. The molecule has 0 atom stereocenters. The van der Waals surface area contributed by atoms with Crippen LogP contribution in [0.1, 0.15) is 0 Å². The molecule has 0 fully saturated rings. The molecule has 1 nitrogen and oxygen atoms in total. The summed E-state index contributed by atoms with van der Waals surface area (Å²) in [5.74, 6) is 0. The molecule has 3 aromatic rings. The molecule has 0 aliphatic carbocycles. The third-order valence-electron chi connectivity index (χ3n) is 4.11. The Morgan fingerprint density at radius 2 is 0.700 bits per heavy atom. The van der Waals surface area contributed by atoms with E-state index in [9.17, 15) is 0 Å². The predicted octanol–water partition coefficient (Wildman–Crippen LogP) is 0.895. The molecule has 3 rings (SSSR count). The third kappa shape index (κ3) is 2.15. The summed E-state index contributed by atoms with van der Waals surface area (Å²) in [6.45, 7) is 0. The maximum atomic E-state index is 4.64. The van der Waals surface area contributed by atoms with Gasteiger partial charge in [-0.3, -0.25) is 0 Å². The van der Waals surface area contributed by atoms with E-state index in [0.29, 0.717) is 0 Å². The summed E-state index contributed by atoms with van der Waals surface area (Å²) in [7, 11) is 0. The van der Waals surface area contributed by atoms with E-state index in [4.69, 9.17) is 0 Å². The van der Waals surface area contributed by atoms with Crippen LogP contribution in [0.2, 0.25) is 0 Å². The largest absolute Gasteiger partial charge is 0.536 e.